The highest BCUT2D eigenvalue weighted by Gasteiger charge is 2.35. The van der Waals surface area contributed by atoms with Crippen molar-refractivity contribution in [1.29, 1.82) is 0 Å². The summed E-state index contributed by atoms with van der Waals surface area (Å²) < 4.78 is 24.2. The van der Waals surface area contributed by atoms with Crippen LogP contribution in [0.4, 0.5) is 8.78 Å². The van der Waals surface area contributed by atoms with Gasteiger partial charge in [-0.25, -0.2) is 0 Å². The van der Waals surface area contributed by atoms with Crippen molar-refractivity contribution in [2.75, 3.05) is 0 Å². The van der Waals surface area contributed by atoms with Crippen molar-refractivity contribution in [2.45, 2.75) is 11.9 Å². The summed E-state index contributed by atoms with van der Waals surface area (Å²) in [6.07, 6.45) is 1.63. The molecule has 0 unspecified atom stereocenters. The third-order valence-corrected chi connectivity index (χ3v) is 1.53. The Morgan fingerprint density at radius 3 is 2.85 bits per heavy atom. The van der Waals surface area contributed by atoms with Gasteiger partial charge in [0, 0.05) is 11.9 Å². The fourth-order valence-corrected chi connectivity index (χ4v) is 0.820. The van der Waals surface area contributed by atoms with Gasteiger partial charge in [-0.2, -0.15) is 8.78 Å². The molecule has 0 saturated heterocycles. The number of halogens is 3. The van der Waals surface area contributed by atoms with E-state index in [1.54, 1.807) is 18.3 Å². The van der Waals surface area contributed by atoms with Crippen molar-refractivity contribution < 1.29 is 13.6 Å². The van der Waals surface area contributed by atoms with Gasteiger partial charge in [0.2, 0.25) is 0 Å². The van der Waals surface area contributed by atoms with Gasteiger partial charge < -0.3 is 10.3 Å². The highest BCUT2D eigenvalue weighted by molar-refractivity contribution is 6.32. The van der Waals surface area contributed by atoms with Gasteiger partial charge in [0.25, 0.3) is 0 Å². The van der Waals surface area contributed by atoms with Crippen LogP contribution >= 0.6 is 11.6 Å². The molecule has 1 heterocycles. The fraction of sp³-hybridized carbons (Fsp3) is 0.286. The van der Waals surface area contributed by atoms with E-state index in [1.165, 1.54) is 0 Å². The maximum Gasteiger partial charge on any atom is 0.399 e. The van der Waals surface area contributed by atoms with Gasteiger partial charge in [0.1, 0.15) is 0 Å². The molecule has 1 rings (SSSR count). The standard InChI is InChI=1S/C7H7ClF2N2O/c8-7(9,10)6(13)12-4-5-2-1-3-11-5/h1-3,11H,4H2,(H,12,13). The van der Waals surface area contributed by atoms with E-state index in [0.717, 1.165) is 0 Å². The molecule has 2 N–H and O–H groups in total. The second kappa shape index (κ2) is 3.74. The number of alkyl halides is 3. The minimum absolute atomic E-state index is 0.00808. The molecule has 0 spiro atoms. The van der Waals surface area contributed by atoms with E-state index >= 15 is 0 Å². The van der Waals surface area contributed by atoms with Crippen molar-refractivity contribution in [1.82, 2.24) is 10.3 Å². The number of H-pyrrole nitrogens is 1. The molecule has 0 fully saturated rings. The quantitative estimate of drug-likeness (QED) is 0.726. The Balaban J connectivity index is 2.40. The predicted octanol–water partition coefficient (Wildman–Crippen LogP) is 1.46. The first-order chi connectivity index (χ1) is 6.00. The lowest BCUT2D eigenvalue weighted by Gasteiger charge is -2.07. The maximum absolute atomic E-state index is 12.1. The van der Waals surface area contributed by atoms with E-state index in [2.05, 4.69) is 16.6 Å². The van der Waals surface area contributed by atoms with Crippen molar-refractivity contribution in [3.63, 3.8) is 0 Å². The molecule has 1 amide bonds. The van der Waals surface area contributed by atoms with Gasteiger partial charge in [-0.05, 0) is 23.7 Å². The highest BCUT2D eigenvalue weighted by Crippen LogP contribution is 2.18. The van der Waals surface area contributed by atoms with Crippen LogP contribution < -0.4 is 5.32 Å². The van der Waals surface area contributed by atoms with Gasteiger partial charge in [-0.1, -0.05) is 0 Å². The zero-order valence-electron chi connectivity index (χ0n) is 6.48. The summed E-state index contributed by atoms with van der Waals surface area (Å²) in [5.41, 5.74) is 0.634. The molecule has 0 aromatic carbocycles. The normalized spacial score (nSPS) is 11.3. The molecule has 0 atom stereocenters. The third kappa shape index (κ3) is 3.02. The largest absolute Gasteiger partial charge is 0.399 e. The average Bonchev–Trinajstić information content (AvgIpc) is 2.50. The van der Waals surface area contributed by atoms with Gasteiger partial charge in [0.05, 0.1) is 6.54 Å². The van der Waals surface area contributed by atoms with Crippen LogP contribution in [0.3, 0.4) is 0 Å². The molecule has 13 heavy (non-hydrogen) atoms. The minimum Gasteiger partial charge on any atom is -0.364 e. The SMILES string of the molecule is O=C(NCc1ccc[nH]1)C(F)(F)Cl. The van der Waals surface area contributed by atoms with Crippen LogP contribution in [0.2, 0.25) is 0 Å². The van der Waals surface area contributed by atoms with Crippen molar-refractivity contribution in [3.8, 4) is 0 Å². The summed E-state index contributed by atoms with van der Waals surface area (Å²) in [5, 5.41) is -1.87. The van der Waals surface area contributed by atoms with E-state index in [0.29, 0.717) is 5.69 Å². The molecule has 0 bridgehead atoms. The van der Waals surface area contributed by atoms with Gasteiger partial charge >= 0.3 is 11.3 Å². The highest BCUT2D eigenvalue weighted by atomic mass is 35.5. The first-order valence-electron chi connectivity index (χ1n) is 3.47. The lowest BCUT2D eigenvalue weighted by Crippen LogP contribution is -2.35. The molecular formula is C7H7ClF2N2O. The van der Waals surface area contributed by atoms with Crippen molar-refractivity contribution in [2.24, 2.45) is 0 Å². The lowest BCUT2D eigenvalue weighted by molar-refractivity contribution is -0.135. The number of aromatic nitrogens is 1. The van der Waals surface area contributed by atoms with Crippen LogP contribution in [-0.4, -0.2) is 16.3 Å². The average molecular weight is 209 g/mol. The molecule has 0 aliphatic carbocycles. The van der Waals surface area contributed by atoms with Crippen LogP contribution in [0.5, 0.6) is 0 Å². The molecule has 0 saturated carbocycles. The van der Waals surface area contributed by atoms with E-state index in [4.69, 9.17) is 0 Å². The number of carbonyl (C=O) groups excluding carboxylic acids is 1. The predicted molar refractivity (Wildman–Crippen MR) is 43.4 cm³/mol. The molecule has 6 heteroatoms. The summed E-state index contributed by atoms with van der Waals surface area (Å²) in [6, 6.07) is 3.35. The summed E-state index contributed by atoms with van der Waals surface area (Å²) in [6.45, 7) is 0.00808. The second-order valence-corrected chi connectivity index (χ2v) is 2.85. The van der Waals surface area contributed by atoms with Crippen LogP contribution in [0, 0.1) is 0 Å². The fourth-order valence-electron chi connectivity index (χ4n) is 0.753. The molecule has 0 radical (unpaired) electrons. The smallest absolute Gasteiger partial charge is 0.364 e. The number of carbonyl (C=O) groups is 1. The number of aromatic amines is 1. The Kier molecular flexibility index (Phi) is 2.87. The molecule has 0 aliphatic rings. The maximum atomic E-state index is 12.1. The summed E-state index contributed by atoms with van der Waals surface area (Å²) >= 11 is 4.47. The molecule has 3 nitrogen and oxygen atoms in total. The van der Waals surface area contributed by atoms with E-state index in [1.807, 2.05) is 5.32 Å². The summed E-state index contributed by atoms with van der Waals surface area (Å²) in [5.74, 6) is -1.50. The van der Waals surface area contributed by atoms with E-state index in [-0.39, 0.29) is 6.54 Å². The zero-order valence-corrected chi connectivity index (χ0v) is 7.24. The van der Waals surface area contributed by atoms with Gasteiger partial charge in [0.15, 0.2) is 0 Å². The van der Waals surface area contributed by atoms with Crippen LogP contribution in [0.25, 0.3) is 0 Å². The first-order valence-corrected chi connectivity index (χ1v) is 3.85. The molecular weight excluding hydrogens is 202 g/mol. The Morgan fingerprint density at radius 1 is 1.69 bits per heavy atom. The minimum atomic E-state index is -3.84. The number of hydrogen-bond donors (Lipinski definition) is 2. The molecule has 1 aromatic rings. The molecule has 72 valence electrons. The van der Waals surface area contributed by atoms with Crippen LogP contribution in [-0.2, 0) is 11.3 Å². The first kappa shape index (κ1) is 9.98. The number of amides is 1. The van der Waals surface area contributed by atoms with E-state index < -0.39 is 11.3 Å². The van der Waals surface area contributed by atoms with Crippen molar-refractivity contribution >= 4 is 17.5 Å². The lowest BCUT2D eigenvalue weighted by atomic mass is 10.4. The van der Waals surface area contributed by atoms with Crippen LogP contribution in [0.15, 0.2) is 18.3 Å². The Bertz CT molecular complexity index is 281. The van der Waals surface area contributed by atoms with Gasteiger partial charge in [-0.3, -0.25) is 4.79 Å². The summed E-state index contributed by atoms with van der Waals surface area (Å²) in [7, 11) is 0. The Hall–Kier alpha value is -1.10. The molecule has 1 aromatic heterocycles. The number of rotatable bonds is 3. The van der Waals surface area contributed by atoms with E-state index in [9.17, 15) is 13.6 Å². The topological polar surface area (TPSA) is 44.9 Å². The third-order valence-electron chi connectivity index (χ3n) is 1.36. The number of nitrogens with one attached hydrogen (secondary N) is 2. The Morgan fingerprint density at radius 2 is 2.38 bits per heavy atom. The number of hydrogen-bond acceptors (Lipinski definition) is 1. The summed E-state index contributed by atoms with van der Waals surface area (Å²) in [4.78, 5) is 13.3. The Labute approximate surface area is 78.1 Å². The molecule has 0 aliphatic heterocycles. The van der Waals surface area contributed by atoms with Crippen LogP contribution in [0.1, 0.15) is 5.69 Å². The zero-order chi connectivity index (χ0) is 9.90. The van der Waals surface area contributed by atoms with Gasteiger partial charge in [-0.15, -0.1) is 0 Å². The second-order valence-electron chi connectivity index (χ2n) is 2.38. The van der Waals surface area contributed by atoms with Crippen molar-refractivity contribution in [3.05, 3.63) is 24.0 Å². The monoisotopic (exact) mass is 208 g/mol.